The lowest BCUT2D eigenvalue weighted by Crippen LogP contribution is -2.41. The molecule has 0 aliphatic carbocycles. The average molecular weight is 269 g/mol. The van der Waals surface area contributed by atoms with Gasteiger partial charge in [-0.15, -0.1) is 0 Å². The lowest BCUT2D eigenvalue weighted by atomic mass is 9.96. The first kappa shape index (κ1) is 16.4. The average Bonchev–Trinajstić information content (AvgIpc) is 2.35. The van der Waals surface area contributed by atoms with Gasteiger partial charge < -0.3 is 15.5 Å². The van der Waals surface area contributed by atoms with Crippen LogP contribution >= 0.6 is 0 Å². The molecule has 112 valence electrons. The van der Waals surface area contributed by atoms with E-state index in [1.54, 1.807) is 6.92 Å². The molecule has 1 saturated heterocycles. The van der Waals surface area contributed by atoms with Crippen molar-refractivity contribution in [1.82, 2.24) is 15.5 Å². The highest BCUT2D eigenvalue weighted by Crippen LogP contribution is 2.17. The quantitative estimate of drug-likeness (QED) is 0.735. The smallest absolute Gasteiger partial charge is 0.216 e. The molecule has 0 spiro atoms. The number of hydrogen-bond donors (Lipinski definition) is 2. The standard InChI is InChI=1S/C15H31N3O/c1-12(2)16-9-13(3)11-18-7-5-15(6-8-18)10-17-14(4)19/h12-13,15-16H,5-11H2,1-4H3,(H,17,19). The summed E-state index contributed by atoms with van der Waals surface area (Å²) in [4.78, 5) is 13.5. The van der Waals surface area contributed by atoms with Gasteiger partial charge in [0.15, 0.2) is 0 Å². The van der Waals surface area contributed by atoms with E-state index in [4.69, 9.17) is 0 Å². The van der Waals surface area contributed by atoms with Gasteiger partial charge in [-0.2, -0.15) is 0 Å². The minimum absolute atomic E-state index is 0.0933. The summed E-state index contributed by atoms with van der Waals surface area (Å²) < 4.78 is 0. The SMILES string of the molecule is CC(=O)NCC1CCN(CC(C)CNC(C)C)CC1. The van der Waals surface area contributed by atoms with Crippen LogP contribution in [0.3, 0.4) is 0 Å². The Kier molecular flexibility index (Phi) is 7.39. The third kappa shape index (κ3) is 7.53. The van der Waals surface area contributed by atoms with Crippen molar-refractivity contribution >= 4 is 5.91 Å². The summed E-state index contributed by atoms with van der Waals surface area (Å²) in [6, 6.07) is 0.575. The normalized spacial score (nSPS) is 19.6. The third-order valence-corrected chi connectivity index (χ3v) is 3.79. The molecular weight excluding hydrogens is 238 g/mol. The van der Waals surface area contributed by atoms with Gasteiger partial charge in [0.25, 0.3) is 0 Å². The summed E-state index contributed by atoms with van der Waals surface area (Å²) in [6.07, 6.45) is 2.43. The Balaban J connectivity index is 2.13. The molecule has 4 heteroatoms. The van der Waals surface area contributed by atoms with E-state index in [2.05, 4.69) is 36.3 Å². The number of nitrogens with one attached hydrogen (secondary N) is 2. The Morgan fingerprint density at radius 2 is 1.89 bits per heavy atom. The van der Waals surface area contributed by atoms with Crippen LogP contribution in [0.2, 0.25) is 0 Å². The maximum atomic E-state index is 10.9. The maximum Gasteiger partial charge on any atom is 0.216 e. The summed E-state index contributed by atoms with van der Waals surface area (Å²) in [5, 5.41) is 6.44. The first-order valence-electron chi connectivity index (χ1n) is 7.67. The number of carbonyl (C=O) groups excluding carboxylic acids is 1. The zero-order valence-electron chi connectivity index (χ0n) is 13.0. The Labute approximate surface area is 118 Å². The van der Waals surface area contributed by atoms with Crippen molar-refractivity contribution < 1.29 is 4.79 Å². The largest absolute Gasteiger partial charge is 0.356 e. The van der Waals surface area contributed by atoms with E-state index in [-0.39, 0.29) is 5.91 Å². The number of nitrogens with zero attached hydrogens (tertiary/aromatic N) is 1. The van der Waals surface area contributed by atoms with Crippen LogP contribution < -0.4 is 10.6 Å². The van der Waals surface area contributed by atoms with Crippen molar-refractivity contribution in [2.45, 2.75) is 46.6 Å². The summed E-state index contributed by atoms with van der Waals surface area (Å²) >= 11 is 0. The molecule has 1 rings (SSSR count). The minimum Gasteiger partial charge on any atom is -0.356 e. The van der Waals surface area contributed by atoms with Gasteiger partial charge in [0.05, 0.1) is 0 Å². The van der Waals surface area contributed by atoms with Gasteiger partial charge in [0.2, 0.25) is 5.91 Å². The first-order valence-corrected chi connectivity index (χ1v) is 7.67. The molecule has 1 aliphatic heterocycles. The number of carbonyl (C=O) groups is 1. The monoisotopic (exact) mass is 269 g/mol. The van der Waals surface area contributed by atoms with Crippen molar-refractivity contribution in [2.75, 3.05) is 32.7 Å². The molecule has 0 bridgehead atoms. The van der Waals surface area contributed by atoms with E-state index in [1.165, 1.54) is 32.5 Å². The van der Waals surface area contributed by atoms with Crippen LogP contribution in [0.1, 0.15) is 40.5 Å². The molecular formula is C15H31N3O. The fourth-order valence-corrected chi connectivity index (χ4v) is 2.60. The molecule has 1 fully saturated rings. The molecule has 1 unspecified atom stereocenters. The lowest BCUT2D eigenvalue weighted by Gasteiger charge is -2.33. The van der Waals surface area contributed by atoms with Gasteiger partial charge in [-0.3, -0.25) is 4.79 Å². The molecule has 0 aromatic carbocycles. The van der Waals surface area contributed by atoms with Crippen LogP contribution in [0.15, 0.2) is 0 Å². The van der Waals surface area contributed by atoms with E-state index in [0.29, 0.717) is 17.9 Å². The van der Waals surface area contributed by atoms with Crippen LogP contribution in [0, 0.1) is 11.8 Å². The highest BCUT2D eigenvalue weighted by atomic mass is 16.1. The molecule has 1 amide bonds. The van der Waals surface area contributed by atoms with Crippen LogP contribution in [-0.2, 0) is 4.79 Å². The Morgan fingerprint density at radius 3 is 2.42 bits per heavy atom. The molecule has 0 saturated carbocycles. The number of hydrogen-bond acceptors (Lipinski definition) is 3. The number of rotatable bonds is 7. The van der Waals surface area contributed by atoms with Crippen LogP contribution in [0.4, 0.5) is 0 Å². The summed E-state index contributed by atoms with van der Waals surface area (Å²) in [6.45, 7) is 13.8. The van der Waals surface area contributed by atoms with Crippen molar-refractivity contribution in [2.24, 2.45) is 11.8 Å². The predicted molar refractivity (Wildman–Crippen MR) is 80.2 cm³/mol. The molecule has 0 aromatic heterocycles. The predicted octanol–water partition coefficient (Wildman–Crippen LogP) is 1.47. The summed E-state index contributed by atoms with van der Waals surface area (Å²) in [5.74, 6) is 1.47. The molecule has 0 radical (unpaired) electrons. The molecule has 1 aliphatic rings. The first-order chi connectivity index (χ1) is 8.97. The third-order valence-electron chi connectivity index (χ3n) is 3.79. The van der Waals surface area contributed by atoms with E-state index < -0.39 is 0 Å². The van der Waals surface area contributed by atoms with Gasteiger partial charge >= 0.3 is 0 Å². The van der Waals surface area contributed by atoms with Gasteiger partial charge in [-0.1, -0.05) is 20.8 Å². The second-order valence-corrected chi connectivity index (χ2v) is 6.35. The van der Waals surface area contributed by atoms with Gasteiger partial charge in [0.1, 0.15) is 0 Å². The summed E-state index contributed by atoms with van der Waals surface area (Å²) in [7, 11) is 0. The fraction of sp³-hybridized carbons (Fsp3) is 0.933. The molecule has 19 heavy (non-hydrogen) atoms. The Morgan fingerprint density at radius 1 is 1.26 bits per heavy atom. The van der Waals surface area contributed by atoms with Crippen molar-refractivity contribution in [3.63, 3.8) is 0 Å². The second kappa shape index (κ2) is 8.54. The molecule has 1 atom stereocenters. The summed E-state index contributed by atoms with van der Waals surface area (Å²) in [5.41, 5.74) is 0. The maximum absolute atomic E-state index is 10.9. The molecule has 4 nitrogen and oxygen atoms in total. The lowest BCUT2D eigenvalue weighted by molar-refractivity contribution is -0.119. The van der Waals surface area contributed by atoms with Gasteiger partial charge in [-0.25, -0.2) is 0 Å². The highest BCUT2D eigenvalue weighted by molar-refractivity contribution is 5.72. The topological polar surface area (TPSA) is 44.4 Å². The molecule has 2 N–H and O–H groups in total. The highest BCUT2D eigenvalue weighted by Gasteiger charge is 2.20. The van der Waals surface area contributed by atoms with Crippen molar-refractivity contribution in [1.29, 1.82) is 0 Å². The second-order valence-electron chi connectivity index (χ2n) is 6.35. The number of amides is 1. The van der Waals surface area contributed by atoms with Crippen LogP contribution in [0.5, 0.6) is 0 Å². The van der Waals surface area contributed by atoms with E-state index in [0.717, 1.165) is 13.1 Å². The minimum atomic E-state index is 0.0933. The van der Waals surface area contributed by atoms with Crippen LogP contribution in [0.25, 0.3) is 0 Å². The zero-order valence-corrected chi connectivity index (χ0v) is 13.0. The Hall–Kier alpha value is -0.610. The van der Waals surface area contributed by atoms with Crippen LogP contribution in [-0.4, -0.2) is 49.6 Å². The van der Waals surface area contributed by atoms with Crippen molar-refractivity contribution in [3.8, 4) is 0 Å². The van der Waals surface area contributed by atoms with Crippen molar-refractivity contribution in [3.05, 3.63) is 0 Å². The number of likely N-dealkylation sites (tertiary alicyclic amines) is 1. The van der Waals surface area contributed by atoms with Gasteiger partial charge in [-0.05, 0) is 44.3 Å². The van der Waals surface area contributed by atoms with E-state index >= 15 is 0 Å². The molecule has 1 heterocycles. The van der Waals surface area contributed by atoms with Gasteiger partial charge in [0, 0.05) is 26.1 Å². The molecule has 0 aromatic rings. The van der Waals surface area contributed by atoms with E-state index in [9.17, 15) is 4.79 Å². The fourth-order valence-electron chi connectivity index (χ4n) is 2.60. The van der Waals surface area contributed by atoms with E-state index in [1.807, 2.05) is 0 Å². The Bertz CT molecular complexity index is 260. The number of piperidine rings is 1. The zero-order chi connectivity index (χ0) is 14.3.